The number of allylic oxidation sites excluding steroid dienone is 1. The van der Waals surface area contributed by atoms with Gasteiger partial charge in [-0.3, -0.25) is 14.4 Å². The van der Waals surface area contributed by atoms with Crippen molar-refractivity contribution in [1.82, 2.24) is 0 Å². The lowest BCUT2D eigenvalue weighted by atomic mass is 9.33. The minimum absolute atomic E-state index is 0.00218. The number of hydrogen-bond acceptors (Lipinski definition) is 7. The van der Waals surface area contributed by atoms with E-state index in [-0.39, 0.29) is 73.4 Å². The number of phenolic OH excluding ortho intramolecular Hbond substituents is 1. The third-order valence-electron chi connectivity index (χ3n) is 16.9. The molecule has 0 aromatic heterocycles. The van der Waals surface area contributed by atoms with Crippen molar-refractivity contribution in [2.45, 2.75) is 125 Å². The molecule has 6 aliphatic carbocycles. The number of ether oxygens (including phenoxy) is 1. The molecule has 3 unspecified atom stereocenters. The van der Waals surface area contributed by atoms with Crippen LogP contribution in [0, 0.1) is 57.7 Å². The van der Waals surface area contributed by atoms with Crippen molar-refractivity contribution in [2.24, 2.45) is 50.7 Å². The van der Waals surface area contributed by atoms with Crippen molar-refractivity contribution >= 4 is 17.5 Å². The van der Waals surface area contributed by atoms with Crippen molar-refractivity contribution in [2.75, 3.05) is 0 Å². The highest BCUT2D eigenvalue weighted by atomic mass is 16.5. The number of aliphatic hydroxyl groups is 2. The van der Waals surface area contributed by atoms with E-state index in [2.05, 4.69) is 47.6 Å². The van der Waals surface area contributed by atoms with E-state index in [0.717, 1.165) is 38.5 Å². The zero-order chi connectivity index (χ0) is 37.6. The fourth-order valence-corrected chi connectivity index (χ4v) is 13.5. The molecular formula is C45H56O7. The number of ketones is 2. The fourth-order valence-electron chi connectivity index (χ4n) is 13.5. The average Bonchev–Trinajstić information content (AvgIpc) is 3.07. The van der Waals surface area contributed by atoms with Crippen molar-refractivity contribution in [1.29, 1.82) is 0 Å². The van der Waals surface area contributed by atoms with Crippen LogP contribution in [-0.4, -0.2) is 44.6 Å². The predicted molar refractivity (Wildman–Crippen MR) is 198 cm³/mol. The van der Waals surface area contributed by atoms with E-state index in [1.165, 1.54) is 23.8 Å². The molecule has 10 atom stereocenters. The molecule has 8 rings (SSSR count). The Kier molecular flexibility index (Phi) is 7.65. The number of rotatable bonds is 2. The minimum atomic E-state index is -1.15. The minimum Gasteiger partial charge on any atom is -0.507 e. The number of phenols is 1. The van der Waals surface area contributed by atoms with Gasteiger partial charge in [-0.15, -0.1) is 0 Å². The number of fused-ring (bicyclic) bond motifs is 9. The molecule has 0 bridgehead atoms. The lowest BCUT2D eigenvalue weighted by Crippen LogP contribution is -2.68. The molecule has 3 N–H and O–H groups in total. The molecule has 7 heteroatoms. The van der Waals surface area contributed by atoms with Gasteiger partial charge in [0.25, 0.3) is 0 Å². The second-order valence-corrected chi connectivity index (χ2v) is 19.4. The van der Waals surface area contributed by atoms with Crippen molar-refractivity contribution in [3.05, 3.63) is 69.8 Å². The predicted octanol–water partition coefficient (Wildman–Crippen LogP) is 8.51. The molecule has 0 heterocycles. The largest absolute Gasteiger partial charge is 0.507 e. The number of aliphatic hydroxyl groups excluding tert-OH is 1. The van der Waals surface area contributed by atoms with E-state index in [1.54, 1.807) is 19.1 Å². The molecule has 278 valence electrons. The van der Waals surface area contributed by atoms with E-state index in [9.17, 15) is 29.7 Å². The molecular weight excluding hydrogens is 652 g/mol. The summed E-state index contributed by atoms with van der Waals surface area (Å²) >= 11 is 0. The molecule has 0 spiro atoms. The number of carbonyl (C=O) groups is 3. The summed E-state index contributed by atoms with van der Waals surface area (Å²) in [5, 5.41) is 34.2. The van der Waals surface area contributed by atoms with Crippen LogP contribution in [0.2, 0.25) is 0 Å². The molecule has 2 aromatic rings. The standard InChI is InChI=1S/C45H56O7/c1-24-21-29-35(31(46)22-24)37(49)27-10-9-26(23-28(27)36(29)48)52-39(50)45-18-13-25(2)44(8,51)38(45)30-11-12-33-41(5)16-15-34(47)40(3,4)32(41)14-17-43(33,7)42(30,6)19-20-45/h9-11,21-23,25,32-34,38,46-47,51H,12-20H2,1-8H3/t25-,32?,33?,34+,38?,41+,42-,43-,44-,45+/m1/s1. The van der Waals surface area contributed by atoms with Gasteiger partial charge >= 0.3 is 5.97 Å². The van der Waals surface area contributed by atoms with Crippen LogP contribution in [0.5, 0.6) is 11.5 Å². The van der Waals surface area contributed by atoms with Gasteiger partial charge in [0.15, 0.2) is 11.6 Å². The zero-order valence-electron chi connectivity index (χ0n) is 32.2. The highest BCUT2D eigenvalue weighted by Crippen LogP contribution is 2.76. The van der Waals surface area contributed by atoms with Gasteiger partial charge in [-0.1, -0.05) is 53.2 Å². The number of carbonyl (C=O) groups excluding carboxylic acids is 3. The summed E-state index contributed by atoms with van der Waals surface area (Å²) in [7, 11) is 0. The fraction of sp³-hybridized carbons (Fsp3) is 0.622. The van der Waals surface area contributed by atoms with Gasteiger partial charge in [-0.25, -0.2) is 0 Å². The first kappa shape index (κ1) is 35.7. The van der Waals surface area contributed by atoms with Gasteiger partial charge < -0.3 is 20.1 Å². The molecule has 0 amide bonds. The van der Waals surface area contributed by atoms with Crippen LogP contribution in [0.3, 0.4) is 0 Å². The van der Waals surface area contributed by atoms with Crippen LogP contribution >= 0.6 is 0 Å². The number of hydrogen-bond donors (Lipinski definition) is 3. The number of aryl methyl sites for hydroxylation is 1. The third-order valence-corrected chi connectivity index (χ3v) is 16.9. The highest BCUT2D eigenvalue weighted by Gasteiger charge is 2.71. The Bertz CT molecular complexity index is 1950. The van der Waals surface area contributed by atoms with Crippen LogP contribution in [0.1, 0.15) is 144 Å². The van der Waals surface area contributed by atoms with E-state index in [0.29, 0.717) is 36.7 Å². The Morgan fingerprint density at radius 1 is 0.827 bits per heavy atom. The van der Waals surface area contributed by atoms with Crippen LogP contribution in [0.15, 0.2) is 42.0 Å². The highest BCUT2D eigenvalue weighted by molar-refractivity contribution is 6.29. The Morgan fingerprint density at radius 2 is 1.56 bits per heavy atom. The zero-order valence-corrected chi connectivity index (χ0v) is 32.2. The van der Waals surface area contributed by atoms with Crippen molar-refractivity contribution in [3.63, 3.8) is 0 Å². The monoisotopic (exact) mass is 708 g/mol. The van der Waals surface area contributed by atoms with Crippen LogP contribution in [0.25, 0.3) is 0 Å². The smallest absolute Gasteiger partial charge is 0.318 e. The lowest BCUT2D eigenvalue weighted by Gasteiger charge is -2.71. The summed E-state index contributed by atoms with van der Waals surface area (Å²) in [4.78, 5) is 41.9. The summed E-state index contributed by atoms with van der Waals surface area (Å²) in [6.07, 6.45) is 9.65. The number of aromatic hydroxyl groups is 1. The normalized spacial score (nSPS) is 41.7. The van der Waals surface area contributed by atoms with Crippen molar-refractivity contribution in [3.8, 4) is 11.5 Å². The quantitative estimate of drug-likeness (QED) is 0.139. The summed E-state index contributed by atoms with van der Waals surface area (Å²) in [6.45, 7) is 17.7. The molecule has 6 aliphatic rings. The van der Waals surface area contributed by atoms with Crippen LogP contribution < -0.4 is 4.74 Å². The Labute approximate surface area is 308 Å². The van der Waals surface area contributed by atoms with Crippen LogP contribution in [-0.2, 0) is 4.79 Å². The van der Waals surface area contributed by atoms with Gasteiger partial charge in [0.05, 0.1) is 22.7 Å². The van der Waals surface area contributed by atoms with E-state index >= 15 is 0 Å². The Hall–Kier alpha value is -3.29. The summed E-state index contributed by atoms with van der Waals surface area (Å²) in [5.74, 6) is -0.832. The Morgan fingerprint density at radius 3 is 2.29 bits per heavy atom. The molecule has 0 saturated heterocycles. The first-order chi connectivity index (χ1) is 24.2. The summed E-state index contributed by atoms with van der Waals surface area (Å²) in [5.41, 5.74) is -0.0813. The van der Waals surface area contributed by atoms with Gasteiger partial charge in [-0.2, -0.15) is 0 Å². The molecule has 0 aliphatic heterocycles. The molecule has 2 aromatic carbocycles. The second-order valence-electron chi connectivity index (χ2n) is 19.4. The third kappa shape index (κ3) is 4.41. The maximum atomic E-state index is 14.8. The maximum Gasteiger partial charge on any atom is 0.318 e. The number of esters is 1. The number of benzene rings is 2. The van der Waals surface area contributed by atoms with Gasteiger partial charge in [0, 0.05) is 22.6 Å². The molecule has 0 radical (unpaired) electrons. The summed E-state index contributed by atoms with van der Waals surface area (Å²) < 4.78 is 6.28. The SMILES string of the molecule is Cc1cc(O)c2c(c1)C(=O)c1cc(OC(=O)[C@]34CC[C@@H](C)[C@@](C)(O)C3C3=CCC5[C@@]6(C)CC[C@H](O)C(C)(C)C6CC[C@@]5(C)[C@]3(C)CC4)ccc1C2=O. The second kappa shape index (κ2) is 11.1. The maximum absolute atomic E-state index is 14.8. The van der Waals surface area contributed by atoms with E-state index in [1.807, 2.05) is 6.92 Å². The average molecular weight is 709 g/mol. The van der Waals surface area contributed by atoms with Gasteiger partial charge in [0.2, 0.25) is 0 Å². The van der Waals surface area contributed by atoms with Gasteiger partial charge in [0.1, 0.15) is 11.5 Å². The van der Waals surface area contributed by atoms with Crippen LogP contribution in [0.4, 0.5) is 0 Å². The molecule has 7 nitrogen and oxygen atoms in total. The molecule has 4 saturated carbocycles. The Balaban J connectivity index is 1.16. The summed E-state index contributed by atoms with van der Waals surface area (Å²) in [6, 6.07) is 7.66. The van der Waals surface area contributed by atoms with Crippen molar-refractivity contribution < 1.29 is 34.4 Å². The molecule has 4 fully saturated rings. The first-order valence-corrected chi connectivity index (χ1v) is 19.6. The topological polar surface area (TPSA) is 121 Å². The van der Waals surface area contributed by atoms with E-state index < -0.39 is 28.5 Å². The first-order valence-electron chi connectivity index (χ1n) is 19.6. The van der Waals surface area contributed by atoms with E-state index in [4.69, 9.17) is 4.74 Å². The van der Waals surface area contributed by atoms with Gasteiger partial charge in [-0.05, 0) is 147 Å². The molecule has 52 heavy (non-hydrogen) atoms. The lowest BCUT2D eigenvalue weighted by molar-refractivity contribution is -0.216.